The van der Waals surface area contributed by atoms with Crippen molar-refractivity contribution in [1.29, 1.82) is 0 Å². The Hall–Kier alpha value is -3.57. The number of amides is 3. The maximum Gasteiger partial charge on any atom is 0.341 e. The van der Waals surface area contributed by atoms with Gasteiger partial charge in [0, 0.05) is 28.9 Å². The Balaban J connectivity index is 1.50. The molecule has 38 heavy (non-hydrogen) atoms. The summed E-state index contributed by atoms with van der Waals surface area (Å²) in [6, 6.07) is 10.5. The minimum absolute atomic E-state index is 0.0302. The van der Waals surface area contributed by atoms with Gasteiger partial charge in [-0.25, -0.2) is 4.79 Å². The lowest BCUT2D eigenvalue weighted by Crippen LogP contribution is -2.34. The van der Waals surface area contributed by atoms with Gasteiger partial charge in [0.1, 0.15) is 5.00 Å². The third-order valence-corrected chi connectivity index (χ3v) is 8.49. The van der Waals surface area contributed by atoms with Gasteiger partial charge in [0.25, 0.3) is 5.91 Å². The molecule has 1 aliphatic rings. The number of hydrogen-bond acceptors (Lipinski definition) is 8. The first-order valence-corrected chi connectivity index (χ1v) is 14.0. The number of nitrogens with zero attached hydrogens (tertiary/aromatic N) is 1. The van der Waals surface area contributed by atoms with Crippen molar-refractivity contribution >= 4 is 57.5 Å². The van der Waals surface area contributed by atoms with Crippen molar-refractivity contribution in [2.45, 2.75) is 50.3 Å². The number of benzene rings is 1. The molecule has 0 spiro atoms. The van der Waals surface area contributed by atoms with E-state index in [2.05, 4.69) is 10.6 Å². The van der Waals surface area contributed by atoms with Crippen LogP contribution in [-0.2, 0) is 27.3 Å². The molecule has 3 aromatic rings. The molecule has 0 saturated carbocycles. The van der Waals surface area contributed by atoms with Crippen LogP contribution in [0.25, 0.3) is 0 Å². The zero-order valence-corrected chi connectivity index (χ0v) is 23.0. The van der Waals surface area contributed by atoms with E-state index in [0.29, 0.717) is 42.2 Å². The Morgan fingerprint density at radius 3 is 2.66 bits per heavy atom. The highest BCUT2D eigenvalue weighted by molar-refractivity contribution is 8.00. The lowest BCUT2D eigenvalue weighted by atomic mass is 10.0. The molecule has 2 aromatic heterocycles. The van der Waals surface area contributed by atoms with E-state index in [4.69, 9.17) is 9.15 Å². The summed E-state index contributed by atoms with van der Waals surface area (Å²) in [5.41, 5.74) is 1.80. The number of carbonyl (C=O) groups is 4. The van der Waals surface area contributed by atoms with Gasteiger partial charge in [-0.3, -0.25) is 14.4 Å². The van der Waals surface area contributed by atoms with E-state index in [1.165, 1.54) is 36.3 Å². The molecule has 0 aliphatic carbocycles. The number of esters is 1. The summed E-state index contributed by atoms with van der Waals surface area (Å²) in [6.07, 6.45) is 2.50. The van der Waals surface area contributed by atoms with E-state index >= 15 is 0 Å². The summed E-state index contributed by atoms with van der Waals surface area (Å²) in [7, 11) is 0. The van der Waals surface area contributed by atoms with E-state index in [0.717, 1.165) is 15.3 Å². The molecular weight excluding hydrogens is 526 g/mol. The summed E-state index contributed by atoms with van der Waals surface area (Å²) in [4.78, 5) is 53.8. The van der Waals surface area contributed by atoms with Gasteiger partial charge in [-0.15, -0.1) is 23.1 Å². The maximum absolute atomic E-state index is 13.4. The zero-order valence-electron chi connectivity index (χ0n) is 21.4. The number of thiophene rings is 1. The number of carbonyl (C=O) groups excluding carboxylic acids is 4. The molecule has 4 rings (SSSR count). The average molecular weight is 556 g/mol. The summed E-state index contributed by atoms with van der Waals surface area (Å²) in [5.74, 6) is -0.903. The number of fused-ring (bicyclic) bond motifs is 1. The molecule has 1 aromatic carbocycles. The van der Waals surface area contributed by atoms with Gasteiger partial charge in [0.15, 0.2) is 5.76 Å². The van der Waals surface area contributed by atoms with Crippen molar-refractivity contribution in [3.05, 3.63) is 64.4 Å². The number of thioether (sulfide) groups is 1. The van der Waals surface area contributed by atoms with E-state index < -0.39 is 11.2 Å². The fourth-order valence-corrected chi connectivity index (χ4v) is 6.37. The van der Waals surface area contributed by atoms with Gasteiger partial charge >= 0.3 is 5.97 Å². The number of nitrogens with one attached hydrogen (secondary N) is 2. The molecule has 1 aliphatic heterocycles. The molecule has 0 saturated heterocycles. The lowest BCUT2D eigenvalue weighted by molar-refractivity contribution is -0.129. The van der Waals surface area contributed by atoms with Crippen molar-refractivity contribution in [2.24, 2.45) is 0 Å². The van der Waals surface area contributed by atoms with Crippen LogP contribution in [0.2, 0.25) is 0 Å². The summed E-state index contributed by atoms with van der Waals surface area (Å²) in [6.45, 7) is 6.31. The number of rotatable bonds is 9. The van der Waals surface area contributed by atoms with Crippen LogP contribution in [0.4, 0.5) is 10.7 Å². The molecule has 11 heteroatoms. The largest absolute Gasteiger partial charge is 0.462 e. The van der Waals surface area contributed by atoms with Crippen molar-refractivity contribution in [1.82, 2.24) is 4.90 Å². The topological polar surface area (TPSA) is 118 Å². The first-order chi connectivity index (χ1) is 18.3. The molecule has 3 heterocycles. The van der Waals surface area contributed by atoms with E-state index in [1.807, 2.05) is 13.0 Å². The number of furan rings is 1. The molecule has 200 valence electrons. The highest BCUT2D eigenvalue weighted by atomic mass is 32.2. The molecular formula is C27H29N3O6S2. The molecule has 2 N–H and O–H groups in total. The SMILES string of the molecule is CCOC(=O)c1c(NC(=O)C(CC)Sc2cccc(NC(=O)c3ccco3)c2)sc2c1CCN(C(C)=O)C2. The van der Waals surface area contributed by atoms with Crippen LogP contribution in [0.5, 0.6) is 0 Å². The smallest absolute Gasteiger partial charge is 0.341 e. The summed E-state index contributed by atoms with van der Waals surface area (Å²) < 4.78 is 10.4. The first kappa shape index (κ1) is 27.5. The van der Waals surface area contributed by atoms with Crippen LogP contribution in [-0.4, -0.2) is 47.0 Å². The Morgan fingerprint density at radius 2 is 1.97 bits per heavy atom. The second kappa shape index (κ2) is 12.3. The summed E-state index contributed by atoms with van der Waals surface area (Å²) >= 11 is 2.68. The molecule has 0 fully saturated rings. The van der Waals surface area contributed by atoms with Crippen LogP contribution in [0.1, 0.15) is 58.5 Å². The highest BCUT2D eigenvalue weighted by Crippen LogP contribution is 2.38. The van der Waals surface area contributed by atoms with Crippen LogP contribution < -0.4 is 10.6 Å². The van der Waals surface area contributed by atoms with Gasteiger partial charge in [0.2, 0.25) is 11.8 Å². The van der Waals surface area contributed by atoms with Gasteiger partial charge in [-0.2, -0.15) is 0 Å². The molecule has 3 amide bonds. The Bertz CT molecular complexity index is 1330. The number of anilines is 2. The Morgan fingerprint density at radius 1 is 1.16 bits per heavy atom. The van der Waals surface area contributed by atoms with E-state index in [9.17, 15) is 19.2 Å². The molecule has 1 atom stereocenters. The Kier molecular flexibility index (Phi) is 8.90. The number of hydrogen-bond donors (Lipinski definition) is 2. The normalized spacial score (nSPS) is 13.4. The minimum atomic E-state index is -0.475. The predicted molar refractivity (Wildman–Crippen MR) is 147 cm³/mol. The van der Waals surface area contributed by atoms with Crippen molar-refractivity contribution in [3.8, 4) is 0 Å². The third kappa shape index (κ3) is 6.28. The van der Waals surface area contributed by atoms with Crippen molar-refractivity contribution < 1.29 is 28.3 Å². The summed E-state index contributed by atoms with van der Waals surface area (Å²) in [5, 5.41) is 5.75. The fourth-order valence-electron chi connectivity index (χ4n) is 4.11. The van der Waals surface area contributed by atoms with Gasteiger partial charge in [-0.05, 0) is 55.7 Å². The van der Waals surface area contributed by atoms with Crippen LogP contribution in [0, 0.1) is 0 Å². The van der Waals surface area contributed by atoms with Gasteiger partial charge < -0.3 is 24.7 Å². The quantitative estimate of drug-likeness (QED) is 0.276. The van der Waals surface area contributed by atoms with Crippen LogP contribution in [0.3, 0.4) is 0 Å². The standard InChI is InChI=1S/C27H29N3O6S2/c1-4-21(37-18-9-6-8-17(14-18)28-24(32)20-10-7-13-36-20)25(33)29-26-23(27(34)35-5-2)19-11-12-30(16(3)31)15-22(19)38-26/h6-10,13-14,21H,4-5,11-12,15H2,1-3H3,(H,28,32)(H,29,33). The number of ether oxygens (including phenoxy) is 1. The van der Waals surface area contributed by atoms with E-state index in [1.54, 1.807) is 42.2 Å². The van der Waals surface area contributed by atoms with Crippen molar-refractivity contribution in [3.63, 3.8) is 0 Å². The second-order valence-corrected chi connectivity index (χ2v) is 11.0. The zero-order chi connectivity index (χ0) is 27.2. The minimum Gasteiger partial charge on any atom is -0.462 e. The maximum atomic E-state index is 13.4. The van der Waals surface area contributed by atoms with Gasteiger partial charge in [0.05, 0.1) is 30.2 Å². The third-order valence-electron chi connectivity index (χ3n) is 6.00. The lowest BCUT2D eigenvalue weighted by Gasteiger charge is -2.25. The van der Waals surface area contributed by atoms with Gasteiger partial charge in [-0.1, -0.05) is 13.0 Å². The molecule has 0 bridgehead atoms. The Labute approximate surface area is 228 Å². The van der Waals surface area contributed by atoms with E-state index in [-0.39, 0.29) is 30.1 Å². The first-order valence-electron chi connectivity index (χ1n) is 12.3. The molecule has 0 radical (unpaired) electrons. The average Bonchev–Trinajstić information content (AvgIpc) is 3.55. The van der Waals surface area contributed by atoms with Crippen LogP contribution in [0.15, 0.2) is 52.0 Å². The monoisotopic (exact) mass is 555 g/mol. The van der Waals surface area contributed by atoms with Crippen LogP contribution >= 0.6 is 23.1 Å². The second-order valence-electron chi connectivity index (χ2n) is 8.58. The molecule has 1 unspecified atom stereocenters. The van der Waals surface area contributed by atoms with Crippen molar-refractivity contribution in [2.75, 3.05) is 23.8 Å². The fraction of sp³-hybridized carbons (Fsp3) is 0.333. The molecule has 9 nitrogen and oxygen atoms in total. The predicted octanol–water partition coefficient (Wildman–Crippen LogP) is 5.18. The highest BCUT2D eigenvalue weighted by Gasteiger charge is 2.31.